The van der Waals surface area contributed by atoms with Gasteiger partial charge in [0.15, 0.2) is 5.82 Å². The van der Waals surface area contributed by atoms with E-state index in [0.29, 0.717) is 13.2 Å². The van der Waals surface area contributed by atoms with Crippen LogP contribution in [0, 0.1) is 0 Å². The number of hydrogen-bond acceptors (Lipinski definition) is 6. The first-order valence-electron chi connectivity index (χ1n) is 6.54. The smallest absolute Gasteiger partial charge is 0.224 e. The minimum Gasteiger partial charge on any atom is -0.378 e. The Morgan fingerprint density at radius 2 is 2.05 bits per heavy atom. The highest BCUT2D eigenvalue weighted by atomic mass is 35.5. The summed E-state index contributed by atoms with van der Waals surface area (Å²) in [5.41, 5.74) is 6.66. The summed E-state index contributed by atoms with van der Waals surface area (Å²) >= 11 is 7.70. The largest absolute Gasteiger partial charge is 0.378 e. The predicted octanol–water partition coefficient (Wildman–Crippen LogP) is 2.38. The summed E-state index contributed by atoms with van der Waals surface area (Å²) < 4.78 is 6.43. The van der Waals surface area contributed by atoms with Crippen LogP contribution in [0.25, 0.3) is 10.2 Å². The topological polar surface area (TPSA) is 64.3 Å². The van der Waals surface area contributed by atoms with Gasteiger partial charge in [0.2, 0.25) is 5.28 Å². The van der Waals surface area contributed by atoms with Crippen molar-refractivity contribution < 1.29 is 4.74 Å². The molecule has 20 heavy (non-hydrogen) atoms. The lowest BCUT2D eigenvalue weighted by molar-refractivity contribution is 0.122. The molecule has 0 bridgehead atoms. The van der Waals surface area contributed by atoms with E-state index in [0.717, 1.165) is 34.0 Å². The molecule has 0 amide bonds. The minimum atomic E-state index is -0.389. The van der Waals surface area contributed by atoms with Gasteiger partial charge in [-0.3, -0.25) is 0 Å². The Morgan fingerprint density at radius 1 is 1.35 bits per heavy atom. The van der Waals surface area contributed by atoms with Gasteiger partial charge in [0, 0.05) is 23.5 Å². The van der Waals surface area contributed by atoms with Gasteiger partial charge in [-0.05, 0) is 31.5 Å². The Hall–Kier alpha value is -0.950. The molecule has 1 saturated heterocycles. The Bertz CT molecular complexity index is 631. The number of anilines is 1. The van der Waals surface area contributed by atoms with Crippen molar-refractivity contribution in [2.75, 3.05) is 31.2 Å². The van der Waals surface area contributed by atoms with Crippen molar-refractivity contribution in [1.82, 2.24) is 9.97 Å². The molecule has 2 aromatic heterocycles. The lowest BCUT2D eigenvalue weighted by Crippen LogP contribution is -2.36. The number of rotatable bonds is 2. The first kappa shape index (κ1) is 14.0. The second-order valence-electron chi connectivity index (χ2n) is 5.46. The maximum atomic E-state index is 6.18. The van der Waals surface area contributed by atoms with E-state index in [1.165, 1.54) is 0 Å². The number of aromatic nitrogens is 2. The van der Waals surface area contributed by atoms with Gasteiger partial charge in [0.25, 0.3) is 0 Å². The summed E-state index contributed by atoms with van der Waals surface area (Å²) in [6.45, 7) is 7.04. The summed E-state index contributed by atoms with van der Waals surface area (Å²) in [7, 11) is 0. The molecule has 5 nitrogen and oxygen atoms in total. The molecule has 3 heterocycles. The summed E-state index contributed by atoms with van der Waals surface area (Å²) in [4.78, 5) is 12.0. The molecule has 0 saturated carbocycles. The van der Waals surface area contributed by atoms with Crippen molar-refractivity contribution in [2.45, 2.75) is 19.4 Å². The van der Waals surface area contributed by atoms with E-state index in [9.17, 15) is 0 Å². The highest BCUT2D eigenvalue weighted by Gasteiger charge is 2.23. The number of thiophene rings is 1. The maximum absolute atomic E-state index is 6.18. The Kier molecular flexibility index (Phi) is 3.58. The van der Waals surface area contributed by atoms with E-state index in [1.807, 2.05) is 19.9 Å². The van der Waals surface area contributed by atoms with Gasteiger partial charge in [-0.2, -0.15) is 4.98 Å². The molecule has 0 aliphatic carbocycles. The summed E-state index contributed by atoms with van der Waals surface area (Å²) in [6, 6.07) is 2.01. The summed E-state index contributed by atoms with van der Waals surface area (Å²) in [5.74, 6) is 0.892. The van der Waals surface area contributed by atoms with E-state index in [2.05, 4.69) is 14.9 Å². The molecular weight excluding hydrogens is 296 g/mol. The van der Waals surface area contributed by atoms with Crippen LogP contribution in [-0.4, -0.2) is 36.3 Å². The molecule has 2 N–H and O–H groups in total. The zero-order valence-electron chi connectivity index (χ0n) is 11.5. The monoisotopic (exact) mass is 312 g/mol. The SMILES string of the molecule is CC(C)(N)c1cc2nc(Cl)nc(N3CCOCC3)c2s1. The number of nitrogens with two attached hydrogens (primary N) is 1. The third-order valence-corrected chi connectivity index (χ3v) is 4.90. The van der Waals surface area contributed by atoms with Crippen molar-refractivity contribution in [3.05, 3.63) is 16.2 Å². The van der Waals surface area contributed by atoms with Crippen LogP contribution < -0.4 is 10.6 Å². The van der Waals surface area contributed by atoms with Gasteiger partial charge >= 0.3 is 0 Å². The van der Waals surface area contributed by atoms with Crippen LogP contribution in [0.5, 0.6) is 0 Å². The lowest BCUT2D eigenvalue weighted by Gasteiger charge is -2.28. The van der Waals surface area contributed by atoms with Crippen molar-refractivity contribution in [3.63, 3.8) is 0 Å². The number of ether oxygens (including phenoxy) is 1. The lowest BCUT2D eigenvalue weighted by atomic mass is 10.1. The molecule has 3 rings (SSSR count). The highest BCUT2D eigenvalue weighted by Crippen LogP contribution is 2.36. The number of morpholine rings is 1. The van der Waals surface area contributed by atoms with Crippen LogP contribution in [0.15, 0.2) is 6.07 Å². The van der Waals surface area contributed by atoms with E-state index >= 15 is 0 Å². The molecule has 0 spiro atoms. The molecule has 1 aliphatic rings. The molecule has 0 unspecified atom stereocenters. The molecular formula is C13H17ClN4OS. The van der Waals surface area contributed by atoms with E-state index in [-0.39, 0.29) is 10.8 Å². The second-order valence-corrected chi connectivity index (χ2v) is 6.85. The number of fused-ring (bicyclic) bond motifs is 1. The van der Waals surface area contributed by atoms with E-state index < -0.39 is 0 Å². The Morgan fingerprint density at radius 3 is 2.70 bits per heavy atom. The Labute approximate surface area is 126 Å². The fourth-order valence-corrected chi connectivity index (χ4v) is 3.49. The number of nitrogens with zero attached hydrogens (tertiary/aromatic N) is 3. The molecule has 0 aromatic carbocycles. The highest BCUT2D eigenvalue weighted by molar-refractivity contribution is 7.19. The van der Waals surface area contributed by atoms with Crippen molar-refractivity contribution in [2.24, 2.45) is 5.73 Å². The standard InChI is InChI=1S/C13H17ClN4OS/c1-13(2,15)9-7-8-10(20-9)11(17-12(14)16-8)18-3-5-19-6-4-18/h7H,3-6,15H2,1-2H3. The third-order valence-electron chi connectivity index (χ3n) is 3.27. The second kappa shape index (κ2) is 5.11. The fourth-order valence-electron chi connectivity index (χ4n) is 2.19. The van der Waals surface area contributed by atoms with Crippen molar-refractivity contribution in [1.29, 1.82) is 0 Å². The van der Waals surface area contributed by atoms with E-state index in [1.54, 1.807) is 11.3 Å². The van der Waals surface area contributed by atoms with Gasteiger partial charge in [0.05, 0.1) is 23.4 Å². The molecule has 0 radical (unpaired) electrons. The average Bonchev–Trinajstić information content (AvgIpc) is 2.82. The fraction of sp³-hybridized carbons (Fsp3) is 0.538. The first-order valence-corrected chi connectivity index (χ1v) is 7.74. The molecule has 1 fully saturated rings. The summed E-state index contributed by atoms with van der Waals surface area (Å²) in [6.07, 6.45) is 0. The zero-order chi connectivity index (χ0) is 14.3. The zero-order valence-corrected chi connectivity index (χ0v) is 13.1. The van der Waals surface area contributed by atoms with Gasteiger partial charge < -0.3 is 15.4 Å². The van der Waals surface area contributed by atoms with Crippen molar-refractivity contribution >= 4 is 39.0 Å². The quantitative estimate of drug-likeness (QED) is 0.863. The molecule has 1 aliphatic heterocycles. The van der Waals surface area contributed by atoms with Crippen LogP contribution in [0.4, 0.5) is 5.82 Å². The van der Waals surface area contributed by atoms with Crippen LogP contribution in [0.2, 0.25) is 5.28 Å². The van der Waals surface area contributed by atoms with Crippen LogP contribution in [-0.2, 0) is 10.3 Å². The van der Waals surface area contributed by atoms with Crippen LogP contribution in [0.1, 0.15) is 18.7 Å². The third kappa shape index (κ3) is 2.61. The maximum Gasteiger partial charge on any atom is 0.224 e. The van der Waals surface area contributed by atoms with Gasteiger partial charge in [0.1, 0.15) is 0 Å². The molecule has 108 valence electrons. The predicted molar refractivity (Wildman–Crippen MR) is 82.7 cm³/mol. The van der Waals surface area contributed by atoms with Gasteiger partial charge in [-0.1, -0.05) is 0 Å². The normalized spacial score (nSPS) is 16.9. The average molecular weight is 313 g/mol. The van der Waals surface area contributed by atoms with Crippen LogP contribution in [0.3, 0.4) is 0 Å². The summed E-state index contributed by atoms with van der Waals surface area (Å²) in [5, 5.41) is 0.276. The first-order chi connectivity index (χ1) is 9.45. The minimum absolute atomic E-state index is 0.276. The number of halogens is 1. The van der Waals surface area contributed by atoms with Crippen molar-refractivity contribution in [3.8, 4) is 0 Å². The Balaban J connectivity index is 2.12. The van der Waals surface area contributed by atoms with Gasteiger partial charge in [-0.25, -0.2) is 4.98 Å². The number of hydrogen-bond donors (Lipinski definition) is 1. The van der Waals surface area contributed by atoms with E-state index in [4.69, 9.17) is 22.1 Å². The molecule has 2 aromatic rings. The van der Waals surface area contributed by atoms with Crippen LogP contribution >= 0.6 is 22.9 Å². The molecule has 0 atom stereocenters. The van der Waals surface area contributed by atoms with Gasteiger partial charge in [-0.15, -0.1) is 11.3 Å². The molecule has 7 heteroatoms.